The van der Waals surface area contributed by atoms with Gasteiger partial charge in [0.2, 0.25) is 11.8 Å². The van der Waals surface area contributed by atoms with Crippen LogP contribution in [-0.4, -0.2) is 58.9 Å². The molecular formula is C12H21ClN4O5. The topological polar surface area (TPSA) is 156 Å². The molecule has 126 valence electrons. The average molecular weight is 337 g/mol. The van der Waals surface area contributed by atoms with Crippen LogP contribution in [0.5, 0.6) is 0 Å². The van der Waals surface area contributed by atoms with Crippen LogP contribution in [0.25, 0.3) is 0 Å². The highest BCUT2D eigenvalue weighted by molar-refractivity contribution is 6.08. The van der Waals surface area contributed by atoms with Gasteiger partial charge in [0.25, 0.3) is 5.91 Å². The summed E-state index contributed by atoms with van der Waals surface area (Å²) in [7, 11) is 0. The Morgan fingerprint density at radius 3 is 2.55 bits per heavy atom. The van der Waals surface area contributed by atoms with E-state index in [0.717, 1.165) is 6.42 Å². The summed E-state index contributed by atoms with van der Waals surface area (Å²) in [6.45, 7) is -0.194. The van der Waals surface area contributed by atoms with Crippen molar-refractivity contribution in [1.29, 1.82) is 0 Å². The van der Waals surface area contributed by atoms with E-state index in [1.54, 1.807) is 0 Å². The molecule has 0 aromatic heterocycles. The molecular weight excluding hydrogens is 316 g/mol. The molecule has 1 rings (SSSR count). The molecule has 3 amide bonds. The van der Waals surface area contributed by atoms with Crippen molar-refractivity contribution in [1.82, 2.24) is 10.2 Å². The predicted octanol–water partition coefficient (Wildman–Crippen LogP) is -1.81. The van der Waals surface area contributed by atoms with Gasteiger partial charge in [-0.3, -0.25) is 24.1 Å². The summed E-state index contributed by atoms with van der Waals surface area (Å²) < 4.78 is 0. The minimum Gasteiger partial charge on any atom is -0.480 e. The third-order valence-corrected chi connectivity index (χ3v) is 3.16. The molecule has 0 aromatic carbocycles. The van der Waals surface area contributed by atoms with Gasteiger partial charge in [0, 0.05) is 0 Å². The van der Waals surface area contributed by atoms with Crippen molar-refractivity contribution in [2.75, 3.05) is 13.1 Å². The van der Waals surface area contributed by atoms with E-state index in [0.29, 0.717) is 24.3 Å². The first-order chi connectivity index (χ1) is 9.86. The first kappa shape index (κ1) is 20.3. The van der Waals surface area contributed by atoms with Gasteiger partial charge in [0.1, 0.15) is 12.6 Å². The molecule has 1 heterocycles. The van der Waals surface area contributed by atoms with Crippen LogP contribution in [0.1, 0.15) is 25.7 Å². The Bertz CT molecular complexity index is 445. The highest BCUT2D eigenvalue weighted by Gasteiger charge is 2.40. The monoisotopic (exact) mass is 336 g/mol. The van der Waals surface area contributed by atoms with Crippen LogP contribution in [0.2, 0.25) is 0 Å². The molecule has 0 saturated carbocycles. The maximum atomic E-state index is 11.8. The summed E-state index contributed by atoms with van der Waals surface area (Å²) in [5.74, 6) is -3.16. The fourth-order valence-corrected chi connectivity index (χ4v) is 2.02. The van der Waals surface area contributed by atoms with Gasteiger partial charge in [-0.05, 0) is 19.4 Å². The number of amides is 3. The molecule has 2 atom stereocenters. The maximum absolute atomic E-state index is 11.8. The molecule has 6 N–H and O–H groups in total. The van der Waals surface area contributed by atoms with Crippen LogP contribution in [0.15, 0.2) is 0 Å². The lowest BCUT2D eigenvalue weighted by atomic mass is 10.1. The number of hydrogen-bond acceptors (Lipinski definition) is 6. The number of rotatable bonds is 8. The van der Waals surface area contributed by atoms with Crippen LogP contribution >= 0.6 is 12.4 Å². The smallest absolute Gasteiger partial charge is 0.323 e. The van der Waals surface area contributed by atoms with Gasteiger partial charge in [-0.25, -0.2) is 0 Å². The van der Waals surface area contributed by atoms with Crippen LogP contribution in [-0.2, 0) is 19.2 Å². The zero-order valence-corrected chi connectivity index (χ0v) is 12.8. The molecule has 0 aliphatic carbocycles. The molecule has 1 aliphatic rings. The standard InChI is InChI=1S/C12H20N4O5.ClH/c13-4-2-1-3-7(14)11(20)15-8-5-9(17)16(12(8)21)6-10(18)19;/h7-8H,1-6,13-14H2,(H,15,20)(H,18,19);1H/t7-,8-;/m0./s1. The second-order valence-corrected chi connectivity index (χ2v) is 4.87. The van der Waals surface area contributed by atoms with Gasteiger partial charge in [0.05, 0.1) is 12.5 Å². The molecule has 0 radical (unpaired) electrons. The van der Waals surface area contributed by atoms with Crippen LogP contribution in [0, 0.1) is 0 Å². The van der Waals surface area contributed by atoms with E-state index in [2.05, 4.69) is 5.32 Å². The third kappa shape index (κ3) is 5.58. The van der Waals surface area contributed by atoms with E-state index in [4.69, 9.17) is 16.6 Å². The van der Waals surface area contributed by atoms with Gasteiger partial charge < -0.3 is 21.9 Å². The number of imide groups is 1. The minimum atomic E-state index is -1.29. The Labute approximate surface area is 133 Å². The average Bonchev–Trinajstić information content (AvgIpc) is 2.66. The largest absolute Gasteiger partial charge is 0.480 e. The highest BCUT2D eigenvalue weighted by Crippen LogP contribution is 2.13. The van der Waals surface area contributed by atoms with Crippen molar-refractivity contribution in [3.63, 3.8) is 0 Å². The van der Waals surface area contributed by atoms with Gasteiger partial charge in [-0.1, -0.05) is 6.42 Å². The second kappa shape index (κ2) is 9.34. The number of unbranched alkanes of at least 4 members (excludes halogenated alkanes) is 1. The number of carboxylic acids is 1. The SMILES string of the molecule is Cl.NCCCC[C@H](N)C(=O)N[C@H]1CC(=O)N(CC(=O)O)C1=O. The van der Waals surface area contributed by atoms with Crippen LogP contribution in [0.3, 0.4) is 0 Å². The van der Waals surface area contributed by atoms with Crippen molar-refractivity contribution in [3.05, 3.63) is 0 Å². The first-order valence-electron chi connectivity index (χ1n) is 6.68. The molecule has 1 aliphatic heterocycles. The summed E-state index contributed by atoms with van der Waals surface area (Å²) in [4.78, 5) is 46.4. The van der Waals surface area contributed by atoms with E-state index < -0.39 is 42.3 Å². The third-order valence-electron chi connectivity index (χ3n) is 3.16. The minimum absolute atomic E-state index is 0. The molecule has 0 spiro atoms. The molecule has 22 heavy (non-hydrogen) atoms. The zero-order chi connectivity index (χ0) is 16.0. The summed E-state index contributed by atoms with van der Waals surface area (Å²) in [6, 6.07) is -1.82. The summed E-state index contributed by atoms with van der Waals surface area (Å²) >= 11 is 0. The molecule has 0 aromatic rings. The predicted molar refractivity (Wildman–Crippen MR) is 79.0 cm³/mol. The molecule has 1 saturated heterocycles. The number of nitrogens with two attached hydrogens (primary N) is 2. The normalized spacial score (nSPS) is 18.8. The van der Waals surface area contributed by atoms with E-state index in [-0.39, 0.29) is 18.8 Å². The lowest BCUT2D eigenvalue weighted by Crippen LogP contribution is -2.48. The highest BCUT2D eigenvalue weighted by atomic mass is 35.5. The van der Waals surface area contributed by atoms with E-state index in [1.165, 1.54) is 0 Å². The molecule has 1 fully saturated rings. The Hall–Kier alpha value is -1.71. The number of nitrogens with zero attached hydrogens (tertiary/aromatic N) is 1. The van der Waals surface area contributed by atoms with E-state index >= 15 is 0 Å². The van der Waals surface area contributed by atoms with Crippen molar-refractivity contribution < 1.29 is 24.3 Å². The fourth-order valence-electron chi connectivity index (χ4n) is 2.02. The van der Waals surface area contributed by atoms with Crippen molar-refractivity contribution >= 4 is 36.1 Å². The van der Waals surface area contributed by atoms with E-state index in [1.807, 2.05) is 0 Å². The Balaban J connectivity index is 0.00000441. The van der Waals surface area contributed by atoms with Crippen LogP contribution < -0.4 is 16.8 Å². The number of aliphatic carboxylic acids is 1. The number of halogens is 1. The number of carbonyl (C=O) groups is 4. The van der Waals surface area contributed by atoms with Gasteiger partial charge in [0.15, 0.2) is 0 Å². The molecule has 0 bridgehead atoms. The maximum Gasteiger partial charge on any atom is 0.323 e. The summed E-state index contributed by atoms with van der Waals surface area (Å²) in [5, 5.41) is 11.0. The van der Waals surface area contributed by atoms with Crippen molar-refractivity contribution in [2.24, 2.45) is 11.5 Å². The number of likely N-dealkylation sites (tertiary alicyclic amines) is 1. The Morgan fingerprint density at radius 1 is 1.36 bits per heavy atom. The van der Waals surface area contributed by atoms with Gasteiger partial charge >= 0.3 is 5.97 Å². The lowest BCUT2D eigenvalue weighted by Gasteiger charge is -2.16. The zero-order valence-electron chi connectivity index (χ0n) is 12.0. The number of carboxylic acid groups (broad SMARTS) is 1. The number of carbonyl (C=O) groups excluding carboxylic acids is 3. The van der Waals surface area contributed by atoms with Gasteiger partial charge in [-0.15, -0.1) is 12.4 Å². The fraction of sp³-hybridized carbons (Fsp3) is 0.667. The summed E-state index contributed by atoms with van der Waals surface area (Å²) in [5.41, 5.74) is 11.0. The molecule has 0 unspecified atom stereocenters. The molecule has 10 heteroatoms. The lowest BCUT2D eigenvalue weighted by molar-refractivity contribution is -0.148. The van der Waals surface area contributed by atoms with Crippen molar-refractivity contribution in [3.8, 4) is 0 Å². The van der Waals surface area contributed by atoms with Crippen LogP contribution in [0.4, 0.5) is 0 Å². The Kier molecular flexibility index (Phi) is 8.61. The number of nitrogens with one attached hydrogen (secondary N) is 1. The van der Waals surface area contributed by atoms with Crippen molar-refractivity contribution in [2.45, 2.75) is 37.8 Å². The summed E-state index contributed by atoms with van der Waals surface area (Å²) in [6.07, 6.45) is 1.62. The number of hydrogen-bond donors (Lipinski definition) is 4. The quantitative estimate of drug-likeness (QED) is 0.300. The van der Waals surface area contributed by atoms with Gasteiger partial charge in [-0.2, -0.15) is 0 Å². The first-order valence-corrected chi connectivity index (χ1v) is 6.68. The van der Waals surface area contributed by atoms with E-state index in [9.17, 15) is 19.2 Å². The molecule has 9 nitrogen and oxygen atoms in total. The second-order valence-electron chi connectivity index (χ2n) is 4.87. The Morgan fingerprint density at radius 2 is 2.00 bits per heavy atom.